The number of aryl methyl sites for hydroxylation is 1. The second-order valence-electron chi connectivity index (χ2n) is 3.87. The van der Waals surface area contributed by atoms with Gasteiger partial charge in [0.05, 0.1) is 24.0 Å². The van der Waals surface area contributed by atoms with E-state index < -0.39 is 0 Å². The zero-order valence-corrected chi connectivity index (χ0v) is 8.73. The van der Waals surface area contributed by atoms with Crippen LogP contribution in [-0.4, -0.2) is 22.3 Å². The number of ether oxygens (including phenoxy) is 1. The molecule has 0 aromatic carbocycles. The lowest BCUT2D eigenvalue weighted by Gasteiger charge is -2.18. The molecular weight excluding hydrogens is 178 g/mol. The molecule has 0 aliphatic carbocycles. The van der Waals surface area contributed by atoms with E-state index in [2.05, 4.69) is 4.98 Å². The quantitative estimate of drug-likeness (QED) is 0.763. The average Bonchev–Trinajstić information content (AvgIpc) is 2.77. The van der Waals surface area contributed by atoms with Gasteiger partial charge >= 0.3 is 0 Å². The summed E-state index contributed by atoms with van der Waals surface area (Å²) in [4.78, 5) is 4.24. The van der Waals surface area contributed by atoms with Gasteiger partial charge in [-0.1, -0.05) is 0 Å². The van der Waals surface area contributed by atoms with Crippen LogP contribution in [-0.2, 0) is 11.8 Å². The molecule has 0 radical (unpaired) electrons. The molecule has 2 atom stereocenters. The molecule has 1 aromatic rings. The average molecular weight is 195 g/mol. The Bertz CT molecular complexity index is 315. The zero-order valence-electron chi connectivity index (χ0n) is 8.73. The van der Waals surface area contributed by atoms with E-state index in [1.165, 1.54) is 0 Å². The molecular formula is C10H17N3O. The number of rotatable bonds is 2. The van der Waals surface area contributed by atoms with Crippen LogP contribution in [0.3, 0.4) is 0 Å². The molecule has 4 heteroatoms. The molecule has 1 aliphatic rings. The van der Waals surface area contributed by atoms with Crippen LogP contribution in [0, 0.1) is 6.92 Å². The predicted octanol–water partition coefficient (Wildman–Crippen LogP) is 0.907. The van der Waals surface area contributed by atoms with Crippen LogP contribution in [0.1, 0.15) is 30.4 Å². The number of nitrogens with two attached hydrogens (primary N) is 1. The Hall–Kier alpha value is -0.870. The SMILES string of the molecule is Cc1ncc(C(N)C2CCCO2)n1C. The molecule has 0 amide bonds. The number of aromatic nitrogens is 2. The third-order valence-electron chi connectivity index (χ3n) is 2.96. The van der Waals surface area contributed by atoms with E-state index in [4.69, 9.17) is 10.5 Å². The molecule has 0 bridgehead atoms. The molecule has 2 heterocycles. The molecule has 0 saturated carbocycles. The van der Waals surface area contributed by atoms with Crippen LogP contribution in [0.2, 0.25) is 0 Å². The van der Waals surface area contributed by atoms with Crippen molar-refractivity contribution in [2.24, 2.45) is 12.8 Å². The third-order valence-corrected chi connectivity index (χ3v) is 2.96. The van der Waals surface area contributed by atoms with Gasteiger partial charge in [0.1, 0.15) is 5.82 Å². The van der Waals surface area contributed by atoms with E-state index in [0.717, 1.165) is 31.0 Å². The number of hydrogen-bond donors (Lipinski definition) is 1. The fraction of sp³-hybridized carbons (Fsp3) is 0.700. The van der Waals surface area contributed by atoms with Crippen molar-refractivity contribution in [3.8, 4) is 0 Å². The Morgan fingerprint density at radius 3 is 3.00 bits per heavy atom. The molecule has 1 fully saturated rings. The standard InChI is InChI=1S/C10H17N3O/c1-7-12-6-8(13(7)2)10(11)9-4-3-5-14-9/h6,9-10H,3-5,11H2,1-2H3. The summed E-state index contributed by atoms with van der Waals surface area (Å²) in [5.74, 6) is 0.994. The van der Waals surface area contributed by atoms with Crippen molar-refractivity contribution in [2.45, 2.75) is 31.9 Å². The summed E-state index contributed by atoms with van der Waals surface area (Å²) in [6.45, 7) is 2.82. The fourth-order valence-corrected chi connectivity index (χ4v) is 1.91. The first-order valence-corrected chi connectivity index (χ1v) is 5.05. The van der Waals surface area contributed by atoms with Crippen molar-refractivity contribution >= 4 is 0 Å². The Balaban J connectivity index is 2.17. The van der Waals surface area contributed by atoms with Crippen molar-refractivity contribution in [3.63, 3.8) is 0 Å². The normalized spacial score (nSPS) is 24.1. The van der Waals surface area contributed by atoms with Crippen LogP contribution >= 0.6 is 0 Å². The van der Waals surface area contributed by atoms with E-state index in [9.17, 15) is 0 Å². The van der Waals surface area contributed by atoms with Crippen molar-refractivity contribution in [2.75, 3.05) is 6.61 Å². The lowest BCUT2D eigenvalue weighted by Crippen LogP contribution is -2.27. The number of imidazole rings is 1. The van der Waals surface area contributed by atoms with Gasteiger partial charge in [-0.25, -0.2) is 4.98 Å². The van der Waals surface area contributed by atoms with Gasteiger partial charge in [-0.05, 0) is 19.8 Å². The maximum absolute atomic E-state index is 6.13. The monoisotopic (exact) mass is 195 g/mol. The summed E-state index contributed by atoms with van der Waals surface area (Å²) in [6.07, 6.45) is 4.20. The first-order valence-electron chi connectivity index (χ1n) is 5.05. The summed E-state index contributed by atoms with van der Waals surface area (Å²) < 4.78 is 7.60. The minimum Gasteiger partial charge on any atom is -0.376 e. The Morgan fingerprint density at radius 1 is 1.71 bits per heavy atom. The maximum atomic E-state index is 6.13. The van der Waals surface area contributed by atoms with Crippen molar-refractivity contribution in [1.82, 2.24) is 9.55 Å². The highest BCUT2D eigenvalue weighted by atomic mass is 16.5. The van der Waals surface area contributed by atoms with Gasteiger partial charge in [-0.15, -0.1) is 0 Å². The molecule has 4 nitrogen and oxygen atoms in total. The first kappa shape index (κ1) is 9.68. The predicted molar refractivity (Wildman–Crippen MR) is 53.8 cm³/mol. The van der Waals surface area contributed by atoms with Crippen molar-refractivity contribution in [3.05, 3.63) is 17.7 Å². The Morgan fingerprint density at radius 2 is 2.50 bits per heavy atom. The molecule has 2 rings (SSSR count). The fourth-order valence-electron chi connectivity index (χ4n) is 1.91. The summed E-state index contributed by atoms with van der Waals surface area (Å²) in [7, 11) is 1.99. The van der Waals surface area contributed by atoms with Gasteiger partial charge in [-0.3, -0.25) is 0 Å². The van der Waals surface area contributed by atoms with Crippen molar-refractivity contribution < 1.29 is 4.74 Å². The highest BCUT2D eigenvalue weighted by Gasteiger charge is 2.26. The van der Waals surface area contributed by atoms with Gasteiger partial charge in [0, 0.05) is 13.7 Å². The molecule has 1 saturated heterocycles. The third kappa shape index (κ3) is 1.55. The lowest BCUT2D eigenvalue weighted by atomic mass is 10.1. The second-order valence-corrected chi connectivity index (χ2v) is 3.87. The molecule has 0 spiro atoms. The Labute approximate surface area is 84.1 Å². The highest BCUT2D eigenvalue weighted by Crippen LogP contribution is 2.24. The smallest absolute Gasteiger partial charge is 0.105 e. The van der Waals surface area contributed by atoms with Crippen LogP contribution in [0.25, 0.3) is 0 Å². The molecule has 2 N–H and O–H groups in total. The first-order chi connectivity index (χ1) is 6.70. The summed E-state index contributed by atoms with van der Waals surface area (Å²) in [6, 6.07) is -0.0382. The van der Waals surface area contributed by atoms with Crippen LogP contribution < -0.4 is 5.73 Å². The summed E-state index contributed by atoms with van der Waals surface area (Å²) in [5, 5.41) is 0. The maximum Gasteiger partial charge on any atom is 0.105 e. The summed E-state index contributed by atoms with van der Waals surface area (Å²) in [5.41, 5.74) is 7.19. The van der Waals surface area contributed by atoms with Crippen LogP contribution in [0.4, 0.5) is 0 Å². The largest absolute Gasteiger partial charge is 0.376 e. The van der Waals surface area contributed by atoms with Gasteiger partial charge in [0.15, 0.2) is 0 Å². The number of nitrogens with zero attached hydrogens (tertiary/aromatic N) is 2. The topological polar surface area (TPSA) is 53.1 Å². The minimum absolute atomic E-state index is 0.0382. The van der Waals surface area contributed by atoms with E-state index >= 15 is 0 Å². The second kappa shape index (κ2) is 3.71. The molecule has 1 aliphatic heterocycles. The van der Waals surface area contributed by atoms with E-state index in [1.54, 1.807) is 0 Å². The molecule has 78 valence electrons. The molecule has 1 aromatic heterocycles. The van der Waals surface area contributed by atoms with Crippen LogP contribution in [0.15, 0.2) is 6.20 Å². The van der Waals surface area contributed by atoms with Gasteiger partial charge in [0.2, 0.25) is 0 Å². The van der Waals surface area contributed by atoms with Crippen LogP contribution in [0.5, 0.6) is 0 Å². The minimum atomic E-state index is -0.0382. The van der Waals surface area contributed by atoms with Crippen molar-refractivity contribution in [1.29, 1.82) is 0 Å². The highest BCUT2D eigenvalue weighted by molar-refractivity contribution is 5.10. The van der Waals surface area contributed by atoms with Gasteiger partial charge < -0.3 is 15.0 Å². The van der Waals surface area contributed by atoms with E-state index in [-0.39, 0.29) is 12.1 Å². The Kier molecular flexibility index (Phi) is 2.56. The molecule has 14 heavy (non-hydrogen) atoms. The zero-order chi connectivity index (χ0) is 10.1. The molecule has 2 unspecified atom stereocenters. The van der Waals surface area contributed by atoms with E-state index in [0.29, 0.717) is 0 Å². The number of hydrogen-bond acceptors (Lipinski definition) is 3. The van der Waals surface area contributed by atoms with Gasteiger partial charge in [0.25, 0.3) is 0 Å². The summed E-state index contributed by atoms with van der Waals surface area (Å²) >= 11 is 0. The lowest BCUT2D eigenvalue weighted by molar-refractivity contribution is 0.0881. The van der Waals surface area contributed by atoms with Gasteiger partial charge in [-0.2, -0.15) is 0 Å². The van der Waals surface area contributed by atoms with E-state index in [1.807, 2.05) is 24.7 Å².